The molecule has 0 aromatic carbocycles. The van der Waals surface area contributed by atoms with Gasteiger partial charge in [-0.05, 0) is 31.4 Å². The minimum Gasteiger partial charge on any atom is -0.486 e. The fourth-order valence-electron chi connectivity index (χ4n) is 3.34. The van der Waals surface area contributed by atoms with Crippen molar-refractivity contribution in [2.45, 2.75) is 37.5 Å². The summed E-state index contributed by atoms with van der Waals surface area (Å²) in [5.41, 5.74) is 0. The number of carbonyl (C=O) groups excluding carboxylic acids is 1. The molecule has 7 heteroatoms. The van der Waals surface area contributed by atoms with E-state index in [1.54, 1.807) is 24.5 Å². The second-order valence-corrected chi connectivity index (χ2v) is 6.70. The van der Waals surface area contributed by atoms with Gasteiger partial charge in [0.1, 0.15) is 18.0 Å². The number of amides is 1. The molecule has 2 aliphatic rings. The van der Waals surface area contributed by atoms with E-state index in [4.69, 9.17) is 9.47 Å². The highest BCUT2D eigenvalue weighted by Gasteiger charge is 2.34. The van der Waals surface area contributed by atoms with Gasteiger partial charge in [-0.15, -0.1) is 0 Å². The van der Waals surface area contributed by atoms with Gasteiger partial charge in [-0.3, -0.25) is 14.7 Å². The average Bonchev–Trinajstić information content (AvgIpc) is 2.67. The van der Waals surface area contributed by atoms with Crippen LogP contribution in [0.25, 0.3) is 0 Å². The molecule has 0 spiro atoms. The van der Waals surface area contributed by atoms with Gasteiger partial charge in [-0.2, -0.15) is 0 Å². The monoisotopic (exact) mass is 361 g/mol. The van der Waals surface area contributed by atoms with E-state index in [2.05, 4.69) is 15.2 Å². The molecule has 3 atom stereocenters. The number of aliphatic hydroxyl groups excluding tert-OH is 1. The molecule has 1 aliphatic heterocycles. The zero-order valence-electron chi connectivity index (χ0n) is 14.9. The molecule has 1 aromatic heterocycles. The van der Waals surface area contributed by atoms with Crippen LogP contribution in [0.3, 0.4) is 0 Å². The first kappa shape index (κ1) is 18.8. The Kier molecular flexibility index (Phi) is 6.99. The van der Waals surface area contributed by atoms with Crippen LogP contribution >= 0.6 is 0 Å². The van der Waals surface area contributed by atoms with Crippen LogP contribution in [-0.4, -0.2) is 72.0 Å². The molecule has 3 rings (SSSR count). The van der Waals surface area contributed by atoms with Crippen LogP contribution in [0, 0.1) is 0 Å². The first-order valence-electron chi connectivity index (χ1n) is 9.24. The number of carbonyl (C=O) groups is 1. The molecule has 0 radical (unpaired) electrons. The first-order valence-corrected chi connectivity index (χ1v) is 9.24. The largest absolute Gasteiger partial charge is 0.486 e. The molecule has 1 aliphatic carbocycles. The van der Waals surface area contributed by atoms with Crippen molar-refractivity contribution in [3.8, 4) is 5.75 Å². The van der Waals surface area contributed by atoms with Crippen molar-refractivity contribution in [1.29, 1.82) is 0 Å². The Labute approximate surface area is 154 Å². The molecule has 2 heterocycles. The molecule has 1 saturated carbocycles. The van der Waals surface area contributed by atoms with Crippen LogP contribution < -0.4 is 10.1 Å². The Bertz CT molecular complexity index is 590. The van der Waals surface area contributed by atoms with Gasteiger partial charge in [-0.25, -0.2) is 0 Å². The molecule has 1 amide bonds. The Morgan fingerprint density at radius 3 is 3.04 bits per heavy atom. The normalized spacial score (nSPS) is 27.3. The van der Waals surface area contributed by atoms with E-state index in [1.807, 2.05) is 12.1 Å². The molecule has 2 fully saturated rings. The zero-order chi connectivity index (χ0) is 18.2. The number of nitrogens with zero attached hydrogens (tertiary/aromatic N) is 2. The summed E-state index contributed by atoms with van der Waals surface area (Å²) in [4.78, 5) is 18.4. The lowest BCUT2D eigenvalue weighted by molar-refractivity contribution is -0.119. The van der Waals surface area contributed by atoms with Gasteiger partial charge in [0, 0.05) is 31.9 Å². The van der Waals surface area contributed by atoms with Gasteiger partial charge in [0.15, 0.2) is 0 Å². The topological polar surface area (TPSA) is 83.9 Å². The maximum absolute atomic E-state index is 12.2. The van der Waals surface area contributed by atoms with Crippen molar-refractivity contribution < 1.29 is 19.4 Å². The van der Waals surface area contributed by atoms with Crippen molar-refractivity contribution >= 4 is 5.91 Å². The Morgan fingerprint density at radius 2 is 2.27 bits per heavy atom. The maximum atomic E-state index is 12.2. The van der Waals surface area contributed by atoms with Crippen molar-refractivity contribution in [3.05, 3.63) is 36.7 Å². The average molecular weight is 361 g/mol. The fraction of sp³-hybridized carbons (Fsp3) is 0.579. The van der Waals surface area contributed by atoms with Gasteiger partial charge >= 0.3 is 0 Å². The van der Waals surface area contributed by atoms with E-state index in [-0.39, 0.29) is 18.1 Å². The van der Waals surface area contributed by atoms with Crippen LogP contribution in [0.2, 0.25) is 0 Å². The predicted molar refractivity (Wildman–Crippen MR) is 96.8 cm³/mol. The van der Waals surface area contributed by atoms with Gasteiger partial charge < -0.3 is 19.9 Å². The minimum atomic E-state index is -0.736. The number of aliphatic hydroxyl groups is 1. The van der Waals surface area contributed by atoms with Crippen LogP contribution in [-0.2, 0) is 9.53 Å². The van der Waals surface area contributed by atoms with Crippen LogP contribution in [0.15, 0.2) is 36.7 Å². The van der Waals surface area contributed by atoms with E-state index < -0.39 is 6.10 Å². The van der Waals surface area contributed by atoms with E-state index in [1.165, 1.54) is 0 Å². The summed E-state index contributed by atoms with van der Waals surface area (Å²) in [6.45, 7) is 4.00. The molecular weight excluding hydrogens is 334 g/mol. The molecule has 0 unspecified atom stereocenters. The zero-order valence-corrected chi connectivity index (χ0v) is 14.9. The Balaban J connectivity index is 1.46. The van der Waals surface area contributed by atoms with Gasteiger partial charge in [0.05, 0.1) is 25.5 Å². The van der Waals surface area contributed by atoms with Gasteiger partial charge in [0.2, 0.25) is 5.91 Å². The number of hydrogen-bond acceptors (Lipinski definition) is 6. The molecule has 0 bridgehead atoms. The second-order valence-electron chi connectivity index (χ2n) is 6.70. The van der Waals surface area contributed by atoms with Gasteiger partial charge in [-0.1, -0.05) is 6.08 Å². The highest BCUT2D eigenvalue weighted by Crippen LogP contribution is 2.24. The number of nitrogens with one attached hydrogen (secondary N) is 1. The Hall–Kier alpha value is -1.96. The number of morpholine rings is 1. The third kappa shape index (κ3) is 5.52. The van der Waals surface area contributed by atoms with Crippen LogP contribution in [0.5, 0.6) is 5.75 Å². The second kappa shape index (κ2) is 9.66. The predicted octanol–water partition coefficient (Wildman–Crippen LogP) is 0.747. The molecule has 1 aromatic rings. The summed E-state index contributed by atoms with van der Waals surface area (Å²) < 4.78 is 11.1. The van der Waals surface area contributed by atoms with Crippen molar-refractivity contribution in [2.75, 3.05) is 32.8 Å². The number of rotatable bonds is 6. The van der Waals surface area contributed by atoms with E-state index in [0.29, 0.717) is 5.75 Å². The molecule has 26 heavy (non-hydrogen) atoms. The van der Waals surface area contributed by atoms with Crippen molar-refractivity contribution in [1.82, 2.24) is 15.2 Å². The summed E-state index contributed by atoms with van der Waals surface area (Å²) in [7, 11) is 0. The molecule has 2 N–H and O–H groups in total. The van der Waals surface area contributed by atoms with Gasteiger partial charge in [0.25, 0.3) is 0 Å². The standard InChI is InChI=1S/C19H27N3O4/c23-18(7-3-9-22-10-12-25-13-11-22)21-16-5-1-6-17(19(16)24)26-15-4-2-8-20-14-15/h2-4,7-8,14,16-17,19,24H,1,5-6,9-13H2,(H,21,23)/b7-3+/t16-,17-,19-/m1/s1. The SMILES string of the molecule is O=C(/C=C/CN1CCOCC1)N[C@@H]1CCC[C@@H](Oc2cccnc2)[C@@H]1O. The number of hydrogen-bond donors (Lipinski definition) is 2. The third-order valence-electron chi connectivity index (χ3n) is 4.78. The molecular formula is C19H27N3O4. The summed E-state index contributed by atoms with van der Waals surface area (Å²) in [5.74, 6) is 0.457. The first-order chi connectivity index (χ1) is 12.7. The summed E-state index contributed by atoms with van der Waals surface area (Å²) in [5, 5.41) is 13.5. The minimum absolute atomic E-state index is 0.177. The lowest BCUT2D eigenvalue weighted by Crippen LogP contribution is -2.52. The fourth-order valence-corrected chi connectivity index (χ4v) is 3.34. The molecule has 142 valence electrons. The highest BCUT2D eigenvalue weighted by molar-refractivity contribution is 5.87. The van der Waals surface area contributed by atoms with E-state index in [9.17, 15) is 9.90 Å². The van der Waals surface area contributed by atoms with Crippen LogP contribution in [0.1, 0.15) is 19.3 Å². The summed E-state index contributed by atoms with van der Waals surface area (Å²) >= 11 is 0. The highest BCUT2D eigenvalue weighted by atomic mass is 16.5. The number of pyridine rings is 1. The van der Waals surface area contributed by atoms with Crippen molar-refractivity contribution in [2.24, 2.45) is 0 Å². The number of aromatic nitrogens is 1. The third-order valence-corrected chi connectivity index (χ3v) is 4.78. The lowest BCUT2D eigenvalue weighted by Gasteiger charge is -2.35. The lowest BCUT2D eigenvalue weighted by atomic mass is 9.90. The Morgan fingerprint density at radius 1 is 1.42 bits per heavy atom. The quantitative estimate of drug-likeness (QED) is 0.728. The summed E-state index contributed by atoms with van der Waals surface area (Å²) in [6, 6.07) is 3.31. The maximum Gasteiger partial charge on any atom is 0.244 e. The smallest absolute Gasteiger partial charge is 0.244 e. The summed E-state index contributed by atoms with van der Waals surface area (Å²) in [6.07, 6.45) is 8.04. The molecule has 1 saturated heterocycles. The van der Waals surface area contributed by atoms with Crippen molar-refractivity contribution in [3.63, 3.8) is 0 Å². The van der Waals surface area contributed by atoms with E-state index >= 15 is 0 Å². The van der Waals surface area contributed by atoms with Crippen LogP contribution in [0.4, 0.5) is 0 Å². The number of ether oxygens (including phenoxy) is 2. The van der Waals surface area contributed by atoms with E-state index in [0.717, 1.165) is 52.1 Å². The molecule has 7 nitrogen and oxygen atoms in total.